The smallest absolute Gasteiger partial charge is 0.420 e. The van der Waals surface area contributed by atoms with Crippen molar-refractivity contribution < 1.29 is 13.9 Å². The molecule has 0 radical (unpaired) electrons. The molecular weight excluding hydrogens is 386 g/mol. The zero-order valence-electron chi connectivity index (χ0n) is 16.3. The first kappa shape index (κ1) is 18.4. The summed E-state index contributed by atoms with van der Waals surface area (Å²) in [6.07, 6.45) is 5.17. The van der Waals surface area contributed by atoms with Gasteiger partial charge < -0.3 is 14.1 Å². The first-order chi connectivity index (χ1) is 14.7. The highest BCUT2D eigenvalue weighted by Crippen LogP contribution is 2.20. The van der Waals surface area contributed by atoms with Gasteiger partial charge in [0, 0.05) is 31.5 Å². The lowest BCUT2D eigenvalue weighted by molar-refractivity contribution is -0.133. The third-order valence-corrected chi connectivity index (χ3v) is 5.53. The molecule has 1 aliphatic heterocycles. The van der Waals surface area contributed by atoms with Crippen LogP contribution in [0.4, 0.5) is 0 Å². The maximum atomic E-state index is 12.7. The zero-order valence-corrected chi connectivity index (χ0v) is 16.3. The Labute approximate surface area is 171 Å². The number of nitrogens with zero attached hydrogens (tertiary/aromatic N) is 5. The van der Waals surface area contributed by atoms with Crippen molar-refractivity contribution in [3.8, 4) is 5.88 Å². The lowest BCUT2D eigenvalue weighted by Crippen LogP contribution is -2.42. The third kappa shape index (κ3) is 3.54. The number of benzene rings is 1. The fraction of sp³-hybridized carbons (Fsp3) is 0.333. The van der Waals surface area contributed by atoms with Gasteiger partial charge in [-0.05, 0) is 37.0 Å². The highest BCUT2D eigenvalue weighted by Gasteiger charge is 2.24. The summed E-state index contributed by atoms with van der Waals surface area (Å²) < 4.78 is 14.1. The maximum absolute atomic E-state index is 12.7. The molecule has 1 aromatic carbocycles. The second-order valence-corrected chi connectivity index (χ2v) is 7.46. The average Bonchev–Trinajstić information content (AvgIpc) is 3.36. The Hall–Kier alpha value is -3.62. The fourth-order valence-electron chi connectivity index (χ4n) is 3.83. The Morgan fingerprint density at radius 1 is 1.17 bits per heavy atom. The van der Waals surface area contributed by atoms with Crippen molar-refractivity contribution in [1.29, 1.82) is 0 Å². The van der Waals surface area contributed by atoms with Gasteiger partial charge in [0.05, 0.1) is 12.1 Å². The van der Waals surface area contributed by atoms with E-state index < -0.39 is 5.76 Å². The number of amides is 1. The summed E-state index contributed by atoms with van der Waals surface area (Å²) in [6.45, 7) is 1.84. The Morgan fingerprint density at radius 3 is 2.87 bits per heavy atom. The number of rotatable bonds is 5. The van der Waals surface area contributed by atoms with Crippen LogP contribution in [-0.4, -0.2) is 49.7 Å². The number of ether oxygens (including phenoxy) is 1. The van der Waals surface area contributed by atoms with Crippen molar-refractivity contribution in [2.24, 2.45) is 5.92 Å². The number of carbonyl (C=O) groups is 1. The second kappa shape index (κ2) is 7.66. The number of oxazole rings is 1. The summed E-state index contributed by atoms with van der Waals surface area (Å²) in [5, 5.41) is 4.36. The minimum absolute atomic E-state index is 0.00808. The summed E-state index contributed by atoms with van der Waals surface area (Å²) in [7, 11) is 0. The molecule has 0 saturated carbocycles. The van der Waals surface area contributed by atoms with E-state index >= 15 is 0 Å². The van der Waals surface area contributed by atoms with E-state index in [1.807, 2.05) is 18.2 Å². The van der Waals surface area contributed by atoms with E-state index in [9.17, 15) is 9.59 Å². The fourth-order valence-corrected chi connectivity index (χ4v) is 3.83. The predicted octanol–water partition coefficient (Wildman–Crippen LogP) is 1.95. The third-order valence-electron chi connectivity index (χ3n) is 5.53. The number of aromatic nitrogens is 4. The Bertz CT molecular complexity index is 1250. The van der Waals surface area contributed by atoms with Crippen LogP contribution >= 0.6 is 0 Å². The first-order valence-electron chi connectivity index (χ1n) is 9.97. The molecule has 0 aliphatic carbocycles. The highest BCUT2D eigenvalue weighted by atomic mass is 16.5. The number of imidazole rings is 1. The van der Waals surface area contributed by atoms with Crippen molar-refractivity contribution in [3.63, 3.8) is 0 Å². The molecule has 1 saturated heterocycles. The molecule has 30 heavy (non-hydrogen) atoms. The van der Waals surface area contributed by atoms with Crippen molar-refractivity contribution in [1.82, 2.24) is 24.1 Å². The zero-order chi connectivity index (χ0) is 20.5. The van der Waals surface area contributed by atoms with E-state index in [1.165, 1.54) is 4.57 Å². The van der Waals surface area contributed by atoms with E-state index in [0.29, 0.717) is 42.6 Å². The molecule has 0 spiro atoms. The molecule has 0 bridgehead atoms. The number of fused-ring (bicyclic) bond motifs is 2. The van der Waals surface area contributed by atoms with Crippen molar-refractivity contribution in [2.45, 2.75) is 19.4 Å². The van der Waals surface area contributed by atoms with E-state index in [1.54, 1.807) is 40.0 Å². The van der Waals surface area contributed by atoms with Gasteiger partial charge in [-0.15, -0.1) is 5.10 Å². The number of para-hydroxylation sites is 2. The van der Waals surface area contributed by atoms with Crippen LogP contribution < -0.4 is 10.5 Å². The van der Waals surface area contributed by atoms with Crippen LogP contribution in [0.5, 0.6) is 5.88 Å². The standard InChI is InChI=1S/C21H21N5O4/c27-20(13-25-16-3-1-2-4-17(16)30-21(25)28)24-10-7-15(8-11-24)14-29-19-6-5-18-22-9-12-26(18)23-19/h1-6,9,12,15H,7-8,10-11,13-14H2. The highest BCUT2D eigenvalue weighted by molar-refractivity contribution is 5.79. The molecule has 1 fully saturated rings. The molecule has 1 aliphatic rings. The normalized spacial score (nSPS) is 15.1. The topological polar surface area (TPSA) is 94.9 Å². The number of hydrogen-bond donors (Lipinski definition) is 0. The molecule has 9 nitrogen and oxygen atoms in total. The van der Waals surface area contributed by atoms with E-state index in [2.05, 4.69) is 10.1 Å². The van der Waals surface area contributed by atoms with Crippen LogP contribution in [0, 0.1) is 5.92 Å². The number of piperidine rings is 1. The number of likely N-dealkylation sites (tertiary alicyclic amines) is 1. The average molecular weight is 407 g/mol. The molecule has 4 aromatic rings. The molecule has 0 atom stereocenters. The Balaban J connectivity index is 1.16. The SMILES string of the molecule is O=C(Cn1c(=O)oc2ccccc21)N1CCC(COc2ccc3nccn3n2)CC1. The largest absolute Gasteiger partial charge is 0.476 e. The van der Waals surface area contributed by atoms with E-state index in [0.717, 1.165) is 18.5 Å². The second-order valence-electron chi connectivity index (χ2n) is 7.46. The predicted molar refractivity (Wildman–Crippen MR) is 108 cm³/mol. The lowest BCUT2D eigenvalue weighted by atomic mass is 9.98. The molecule has 9 heteroatoms. The molecule has 154 valence electrons. The summed E-state index contributed by atoms with van der Waals surface area (Å²) in [6, 6.07) is 10.8. The molecule has 4 heterocycles. The van der Waals surface area contributed by atoms with Gasteiger partial charge in [0.25, 0.3) is 0 Å². The number of carbonyl (C=O) groups excluding carboxylic acids is 1. The van der Waals surface area contributed by atoms with Crippen molar-refractivity contribution in [3.05, 3.63) is 59.3 Å². The molecule has 0 unspecified atom stereocenters. The minimum Gasteiger partial charge on any atom is -0.476 e. The van der Waals surface area contributed by atoms with Gasteiger partial charge in [0.15, 0.2) is 11.2 Å². The molecule has 3 aromatic heterocycles. The van der Waals surface area contributed by atoms with Crippen LogP contribution in [0.25, 0.3) is 16.7 Å². The van der Waals surface area contributed by atoms with Crippen molar-refractivity contribution >= 4 is 22.7 Å². The van der Waals surface area contributed by atoms with Gasteiger partial charge in [-0.25, -0.2) is 14.3 Å². The molecule has 1 amide bonds. The van der Waals surface area contributed by atoms with Crippen LogP contribution in [0.15, 0.2) is 58.0 Å². The van der Waals surface area contributed by atoms with Crippen LogP contribution in [0.1, 0.15) is 12.8 Å². The monoisotopic (exact) mass is 407 g/mol. The van der Waals surface area contributed by atoms with Gasteiger partial charge >= 0.3 is 5.76 Å². The van der Waals surface area contributed by atoms with Crippen LogP contribution in [0.2, 0.25) is 0 Å². The lowest BCUT2D eigenvalue weighted by Gasteiger charge is -2.31. The summed E-state index contributed by atoms with van der Waals surface area (Å²) in [5.41, 5.74) is 1.91. The quantitative estimate of drug-likeness (QED) is 0.502. The maximum Gasteiger partial charge on any atom is 0.420 e. The molecule has 0 N–H and O–H groups in total. The van der Waals surface area contributed by atoms with Gasteiger partial charge in [0.1, 0.15) is 6.54 Å². The van der Waals surface area contributed by atoms with Gasteiger partial charge in [-0.1, -0.05) is 12.1 Å². The van der Waals surface area contributed by atoms with Crippen LogP contribution in [-0.2, 0) is 11.3 Å². The number of hydrogen-bond acceptors (Lipinski definition) is 6. The summed E-state index contributed by atoms with van der Waals surface area (Å²) in [5.74, 6) is 0.336. The van der Waals surface area contributed by atoms with Gasteiger partial charge in [-0.3, -0.25) is 9.36 Å². The Kier molecular flexibility index (Phi) is 4.70. The van der Waals surface area contributed by atoms with Gasteiger partial charge in [0.2, 0.25) is 11.8 Å². The summed E-state index contributed by atoms with van der Waals surface area (Å²) >= 11 is 0. The van der Waals surface area contributed by atoms with E-state index in [-0.39, 0.29) is 12.5 Å². The molecule has 5 rings (SSSR count). The first-order valence-corrected chi connectivity index (χ1v) is 9.97. The van der Waals surface area contributed by atoms with Crippen molar-refractivity contribution in [2.75, 3.05) is 19.7 Å². The summed E-state index contributed by atoms with van der Waals surface area (Å²) in [4.78, 5) is 30.8. The Morgan fingerprint density at radius 2 is 2.00 bits per heavy atom. The molecular formula is C21H21N5O4. The van der Waals surface area contributed by atoms with Gasteiger partial charge in [-0.2, -0.15) is 0 Å². The van der Waals surface area contributed by atoms with Crippen LogP contribution in [0.3, 0.4) is 0 Å². The van der Waals surface area contributed by atoms with E-state index in [4.69, 9.17) is 9.15 Å². The minimum atomic E-state index is -0.504.